The first-order chi connectivity index (χ1) is 16.4. The number of nitrogens with zero attached hydrogens (tertiary/aromatic N) is 1. The molecule has 196 valence electrons. The molecule has 0 spiro atoms. The first kappa shape index (κ1) is 28.0. The largest absolute Gasteiger partial charge is 0.435 e. The minimum absolute atomic E-state index is 0.0196. The van der Waals surface area contributed by atoms with E-state index in [1.807, 2.05) is 0 Å². The molecule has 0 fully saturated rings. The molecule has 14 heteroatoms. The quantitative estimate of drug-likeness (QED) is 0.472. The monoisotopic (exact) mass is 600 g/mol. The Balaban J connectivity index is 1.87. The standard InChI is InChI=1S/C22H19BrF6N2O4S/c1-12-5-13(3-4-14(12)10-30-19(32)11-36(2,33)34)18-9-20(35-31-18,22(27,28)29)15-6-16(21(24,25)26)8-17(23)7-15/h3-8H,9-11H2,1-2H3,(H,30,32). The summed E-state index contributed by atoms with van der Waals surface area (Å²) in [6.07, 6.45) is -9.93. The smallest absolute Gasteiger partial charge is 0.374 e. The van der Waals surface area contributed by atoms with Gasteiger partial charge in [0.15, 0.2) is 9.84 Å². The number of alkyl halides is 6. The molecule has 2 aromatic rings. The van der Waals surface area contributed by atoms with Gasteiger partial charge in [0.1, 0.15) is 5.75 Å². The van der Waals surface area contributed by atoms with Crippen molar-refractivity contribution >= 4 is 37.4 Å². The zero-order chi connectivity index (χ0) is 27.1. The van der Waals surface area contributed by atoms with Crippen LogP contribution in [-0.2, 0) is 37.8 Å². The van der Waals surface area contributed by atoms with Gasteiger partial charge in [0.25, 0.3) is 5.60 Å². The summed E-state index contributed by atoms with van der Waals surface area (Å²) in [6, 6.07) is 6.42. The van der Waals surface area contributed by atoms with Crippen LogP contribution in [0.25, 0.3) is 0 Å². The molecule has 1 heterocycles. The van der Waals surface area contributed by atoms with Crippen LogP contribution in [-0.4, -0.2) is 38.2 Å². The number of carbonyl (C=O) groups is 1. The second kappa shape index (κ2) is 9.69. The Morgan fingerprint density at radius 1 is 1.14 bits per heavy atom. The van der Waals surface area contributed by atoms with E-state index in [2.05, 4.69) is 26.4 Å². The van der Waals surface area contributed by atoms with E-state index in [4.69, 9.17) is 4.84 Å². The van der Waals surface area contributed by atoms with Crippen LogP contribution in [0.5, 0.6) is 0 Å². The Morgan fingerprint density at radius 3 is 2.36 bits per heavy atom. The van der Waals surface area contributed by atoms with E-state index in [0.717, 1.165) is 12.3 Å². The number of hydrogen-bond donors (Lipinski definition) is 1. The first-order valence-corrected chi connectivity index (χ1v) is 13.0. The number of aryl methyl sites for hydroxylation is 1. The van der Waals surface area contributed by atoms with Gasteiger partial charge >= 0.3 is 12.4 Å². The SMILES string of the molecule is Cc1cc(C2=NOC(c3cc(Br)cc(C(F)(F)F)c3)(C(F)(F)F)C2)ccc1CNC(=O)CS(C)(=O)=O. The molecule has 1 aliphatic rings. The van der Waals surface area contributed by atoms with E-state index in [9.17, 15) is 39.6 Å². The molecule has 1 N–H and O–H groups in total. The van der Waals surface area contributed by atoms with Crippen LogP contribution >= 0.6 is 15.9 Å². The highest BCUT2D eigenvalue weighted by Gasteiger charge is 2.62. The fourth-order valence-corrected chi connectivity index (χ4v) is 4.67. The van der Waals surface area contributed by atoms with E-state index < -0.39 is 57.0 Å². The zero-order valence-electron chi connectivity index (χ0n) is 18.7. The summed E-state index contributed by atoms with van der Waals surface area (Å²) in [5, 5.41) is 6.02. The van der Waals surface area contributed by atoms with E-state index in [1.165, 1.54) is 18.2 Å². The Bertz CT molecular complexity index is 1320. The fourth-order valence-electron chi connectivity index (χ4n) is 3.60. The van der Waals surface area contributed by atoms with Crippen LogP contribution in [0.15, 0.2) is 46.0 Å². The van der Waals surface area contributed by atoms with Crippen LogP contribution in [0.1, 0.15) is 34.2 Å². The number of nitrogens with one attached hydrogen (secondary N) is 1. The van der Waals surface area contributed by atoms with Crippen molar-refractivity contribution in [2.45, 2.75) is 37.8 Å². The number of benzene rings is 2. The van der Waals surface area contributed by atoms with Crippen molar-refractivity contribution in [2.24, 2.45) is 5.16 Å². The maximum Gasteiger partial charge on any atom is 0.435 e. The second-order valence-corrected chi connectivity index (χ2v) is 11.4. The van der Waals surface area contributed by atoms with E-state index >= 15 is 0 Å². The van der Waals surface area contributed by atoms with Gasteiger partial charge < -0.3 is 10.2 Å². The lowest BCUT2D eigenvalue weighted by atomic mass is 9.85. The summed E-state index contributed by atoms with van der Waals surface area (Å²) in [5.74, 6) is -1.40. The van der Waals surface area contributed by atoms with Crippen molar-refractivity contribution < 1.29 is 44.4 Å². The fraction of sp³-hybridized carbons (Fsp3) is 0.364. The number of hydrogen-bond acceptors (Lipinski definition) is 5. The van der Waals surface area contributed by atoms with Gasteiger partial charge in [-0.15, -0.1) is 0 Å². The lowest BCUT2D eigenvalue weighted by Crippen LogP contribution is -2.43. The normalized spacial score (nSPS) is 18.5. The van der Waals surface area contributed by atoms with Gasteiger partial charge in [0, 0.05) is 29.3 Å². The summed E-state index contributed by atoms with van der Waals surface area (Å²) in [7, 11) is -3.51. The van der Waals surface area contributed by atoms with Crippen molar-refractivity contribution in [3.05, 3.63) is 68.7 Å². The molecular weight excluding hydrogens is 582 g/mol. The van der Waals surface area contributed by atoms with Gasteiger partial charge in [-0.2, -0.15) is 26.3 Å². The summed E-state index contributed by atoms with van der Waals surface area (Å²) in [6.45, 7) is 1.60. The minimum atomic E-state index is -5.10. The van der Waals surface area contributed by atoms with E-state index in [1.54, 1.807) is 6.92 Å². The highest BCUT2D eigenvalue weighted by molar-refractivity contribution is 9.10. The molecule has 2 aromatic carbocycles. The molecule has 1 amide bonds. The highest BCUT2D eigenvalue weighted by atomic mass is 79.9. The molecule has 1 atom stereocenters. The van der Waals surface area contributed by atoms with Crippen molar-refractivity contribution in [1.29, 1.82) is 0 Å². The summed E-state index contributed by atoms with van der Waals surface area (Å²) in [4.78, 5) is 16.6. The minimum Gasteiger partial charge on any atom is -0.374 e. The Hall–Kier alpha value is -2.61. The van der Waals surface area contributed by atoms with Crippen LogP contribution < -0.4 is 5.32 Å². The van der Waals surface area contributed by atoms with Gasteiger partial charge in [-0.25, -0.2) is 8.42 Å². The number of halogens is 7. The Kier molecular flexibility index (Phi) is 7.53. The van der Waals surface area contributed by atoms with Crippen LogP contribution in [0.2, 0.25) is 0 Å². The number of carbonyl (C=O) groups excluding carboxylic acids is 1. The summed E-state index contributed by atoms with van der Waals surface area (Å²) < 4.78 is 105. The molecule has 0 saturated carbocycles. The van der Waals surface area contributed by atoms with Gasteiger partial charge in [-0.05, 0) is 47.9 Å². The van der Waals surface area contributed by atoms with Crippen molar-refractivity contribution in [1.82, 2.24) is 5.32 Å². The second-order valence-electron chi connectivity index (χ2n) is 8.35. The van der Waals surface area contributed by atoms with Gasteiger partial charge in [0.05, 0.1) is 11.3 Å². The molecule has 0 saturated heterocycles. The van der Waals surface area contributed by atoms with E-state index in [-0.39, 0.29) is 22.3 Å². The third-order valence-electron chi connectivity index (χ3n) is 5.42. The van der Waals surface area contributed by atoms with Gasteiger partial charge in [-0.1, -0.05) is 33.2 Å². The summed E-state index contributed by atoms with van der Waals surface area (Å²) >= 11 is 2.84. The lowest BCUT2D eigenvalue weighted by molar-refractivity contribution is -0.276. The molecule has 0 aliphatic carbocycles. The first-order valence-electron chi connectivity index (χ1n) is 10.2. The molecule has 1 aliphatic heterocycles. The van der Waals surface area contributed by atoms with E-state index in [0.29, 0.717) is 23.3 Å². The van der Waals surface area contributed by atoms with Crippen LogP contribution in [0.3, 0.4) is 0 Å². The third-order valence-corrected chi connectivity index (χ3v) is 6.67. The number of oxime groups is 1. The molecular formula is C22H19BrF6N2O4S. The third kappa shape index (κ3) is 6.20. The maximum absolute atomic E-state index is 14.2. The molecule has 1 unspecified atom stereocenters. The van der Waals surface area contributed by atoms with Crippen molar-refractivity contribution in [3.8, 4) is 0 Å². The molecule has 0 aromatic heterocycles. The van der Waals surface area contributed by atoms with Crippen LogP contribution in [0.4, 0.5) is 26.3 Å². The van der Waals surface area contributed by atoms with Gasteiger partial charge in [0.2, 0.25) is 5.91 Å². The molecule has 0 radical (unpaired) electrons. The Labute approximate surface area is 210 Å². The number of rotatable bonds is 6. The van der Waals surface area contributed by atoms with Crippen molar-refractivity contribution in [3.63, 3.8) is 0 Å². The van der Waals surface area contributed by atoms with Gasteiger partial charge in [-0.3, -0.25) is 4.79 Å². The number of sulfone groups is 1. The zero-order valence-corrected chi connectivity index (χ0v) is 21.1. The predicted octanol–water partition coefficient (Wildman–Crippen LogP) is 5.02. The molecule has 6 nitrogen and oxygen atoms in total. The molecule has 3 rings (SSSR count). The molecule has 36 heavy (non-hydrogen) atoms. The predicted molar refractivity (Wildman–Crippen MR) is 122 cm³/mol. The average molecular weight is 601 g/mol. The Morgan fingerprint density at radius 2 is 1.81 bits per heavy atom. The molecule has 0 bridgehead atoms. The maximum atomic E-state index is 14.2. The average Bonchev–Trinajstić information content (AvgIpc) is 3.17. The van der Waals surface area contributed by atoms with Crippen LogP contribution in [0, 0.1) is 6.92 Å². The lowest BCUT2D eigenvalue weighted by Gasteiger charge is -2.30. The summed E-state index contributed by atoms with van der Waals surface area (Å²) in [5.41, 5.74) is -3.90. The number of amides is 1. The van der Waals surface area contributed by atoms with Crippen molar-refractivity contribution in [2.75, 3.05) is 12.0 Å². The highest BCUT2D eigenvalue weighted by Crippen LogP contribution is 2.50. The topological polar surface area (TPSA) is 84.8 Å².